The van der Waals surface area contributed by atoms with Gasteiger partial charge in [-0.3, -0.25) is 19.7 Å². The van der Waals surface area contributed by atoms with E-state index in [4.69, 9.17) is 0 Å². The summed E-state index contributed by atoms with van der Waals surface area (Å²) in [6.45, 7) is 4.32. The van der Waals surface area contributed by atoms with E-state index >= 15 is 0 Å². The highest BCUT2D eigenvalue weighted by atomic mass is 16.2. The third kappa shape index (κ3) is 3.36. The monoisotopic (exact) mass is 290 g/mol. The Morgan fingerprint density at radius 2 is 2.24 bits per heavy atom. The van der Waals surface area contributed by atoms with Gasteiger partial charge < -0.3 is 10.2 Å². The lowest BCUT2D eigenvalue weighted by atomic mass is 10.1. The van der Waals surface area contributed by atoms with E-state index in [1.807, 2.05) is 0 Å². The van der Waals surface area contributed by atoms with Gasteiger partial charge in [0, 0.05) is 6.54 Å². The van der Waals surface area contributed by atoms with Crippen molar-refractivity contribution in [1.82, 2.24) is 15.2 Å². The first kappa shape index (κ1) is 15.0. The zero-order valence-electron chi connectivity index (χ0n) is 12.0. The van der Waals surface area contributed by atoms with Crippen LogP contribution in [0.4, 0.5) is 5.69 Å². The number of nitrogens with one attached hydrogen (secondary N) is 2. The van der Waals surface area contributed by atoms with Crippen molar-refractivity contribution in [2.75, 3.05) is 18.4 Å². The van der Waals surface area contributed by atoms with Crippen molar-refractivity contribution in [3.05, 3.63) is 24.0 Å². The van der Waals surface area contributed by atoms with Crippen molar-refractivity contribution < 1.29 is 14.4 Å². The summed E-state index contributed by atoms with van der Waals surface area (Å²) in [5.41, 5.74) is 1.04. The number of pyridine rings is 1. The summed E-state index contributed by atoms with van der Waals surface area (Å²) in [4.78, 5) is 40.6. The minimum absolute atomic E-state index is 0.136. The Morgan fingerprint density at radius 3 is 2.86 bits per heavy atom. The van der Waals surface area contributed by atoms with Crippen LogP contribution in [-0.2, 0) is 9.59 Å². The number of nitrogens with zero attached hydrogens (tertiary/aromatic N) is 2. The fourth-order valence-corrected chi connectivity index (χ4v) is 2.00. The molecular weight excluding hydrogens is 272 g/mol. The van der Waals surface area contributed by atoms with Crippen molar-refractivity contribution in [1.29, 1.82) is 0 Å². The quantitative estimate of drug-likeness (QED) is 0.783. The lowest BCUT2D eigenvalue weighted by Gasteiger charge is -2.31. The second-order valence-corrected chi connectivity index (χ2v) is 4.88. The average Bonchev–Trinajstić information content (AvgIpc) is 2.48. The largest absolute Gasteiger partial charge is 0.384 e. The van der Waals surface area contributed by atoms with Gasteiger partial charge in [0.25, 0.3) is 5.91 Å². The Morgan fingerprint density at radius 1 is 1.48 bits per heavy atom. The van der Waals surface area contributed by atoms with E-state index in [9.17, 15) is 14.4 Å². The molecule has 7 nitrogen and oxygen atoms in total. The van der Waals surface area contributed by atoms with E-state index in [1.165, 1.54) is 4.90 Å². The third-order valence-corrected chi connectivity index (χ3v) is 3.25. The van der Waals surface area contributed by atoms with Crippen LogP contribution in [-0.4, -0.2) is 46.7 Å². The molecule has 1 saturated heterocycles. The lowest BCUT2D eigenvalue weighted by Crippen LogP contribution is -2.58. The lowest BCUT2D eigenvalue weighted by molar-refractivity contribution is -0.138. The standard InChI is InChI=1S/C14H18N4O3/c1-3-6-15-10-4-5-11(16-7-10)14(21)18-8-12(19)17-13(20)9(18)2/h4-5,7,9,15H,3,6,8H2,1-2H3,(H,17,19,20). The summed E-state index contributed by atoms with van der Waals surface area (Å²) in [6.07, 6.45) is 2.56. The number of carbonyl (C=O) groups is 3. The van der Waals surface area contributed by atoms with E-state index in [0.29, 0.717) is 0 Å². The molecule has 1 aliphatic rings. The zero-order chi connectivity index (χ0) is 15.4. The number of hydrogen-bond donors (Lipinski definition) is 2. The number of imide groups is 1. The maximum atomic E-state index is 12.3. The van der Waals surface area contributed by atoms with Crippen molar-refractivity contribution in [2.24, 2.45) is 0 Å². The van der Waals surface area contributed by atoms with Crippen LogP contribution in [0.2, 0.25) is 0 Å². The topological polar surface area (TPSA) is 91.4 Å². The predicted molar refractivity (Wildman–Crippen MR) is 76.7 cm³/mol. The molecule has 0 aromatic carbocycles. The molecule has 112 valence electrons. The molecule has 21 heavy (non-hydrogen) atoms. The summed E-state index contributed by atoms with van der Waals surface area (Å²) >= 11 is 0. The van der Waals surface area contributed by atoms with Crippen LogP contribution >= 0.6 is 0 Å². The highest BCUT2D eigenvalue weighted by molar-refractivity contribution is 6.06. The minimum Gasteiger partial charge on any atom is -0.384 e. The molecule has 0 radical (unpaired) electrons. The van der Waals surface area contributed by atoms with Crippen LogP contribution in [0, 0.1) is 0 Å². The first-order valence-corrected chi connectivity index (χ1v) is 6.87. The van der Waals surface area contributed by atoms with Gasteiger partial charge in [-0.2, -0.15) is 0 Å². The second kappa shape index (κ2) is 6.34. The van der Waals surface area contributed by atoms with Crippen LogP contribution in [0.1, 0.15) is 30.8 Å². The first-order chi connectivity index (χ1) is 10.0. The molecule has 0 aliphatic carbocycles. The molecule has 1 unspecified atom stereocenters. The maximum absolute atomic E-state index is 12.3. The molecule has 0 saturated carbocycles. The molecule has 0 spiro atoms. The Labute approximate surface area is 122 Å². The normalized spacial score (nSPS) is 18.4. The van der Waals surface area contributed by atoms with Gasteiger partial charge in [-0.25, -0.2) is 4.98 Å². The predicted octanol–water partition coefficient (Wildman–Crippen LogP) is 0.391. The smallest absolute Gasteiger partial charge is 0.273 e. The summed E-state index contributed by atoms with van der Waals surface area (Å²) in [5.74, 6) is -1.37. The molecule has 1 aliphatic heterocycles. The number of hydrogen-bond acceptors (Lipinski definition) is 5. The number of piperazine rings is 1. The van der Waals surface area contributed by atoms with E-state index in [2.05, 4.69) is 22.5 Å². The number of amides is 3. The van der Waals surface area contributed by atoms with Gasteiger partial charge in [-0.15, -0.1) is 0 Å². The van der Waals surface area contributed by atoms with Crippen molar-refractivity contribution in [2.45, 2.75) is 26.3 Å². The molecule has 1 aromatic rings. The molecular formula is C14H18N4O3. The molecule has 2 rings (SSSR count). The van der Waals surface area contributed by atoms with Crippen molar-refractivity contribution in [3.63, 3.8) is 0 Å². The SMILES string of the molecule is CCCNc1ccc(C(=O)N2CC(=O)NC(=O)C2C)nc1. The summed E-state index contributed by atoms with van der Waals surface area (Å²) in [5, 5.41) is 5.35. The van der Waals surface area contributed by atoms with Gasteiger partial charge in [0.2, 0.25) is 11.8 Å². The van der Waals surface area contributed by atoms with E-state index < -0.39 is 23.8 Å². The molecule has 7 heteroatoms. The number of rotatable bonds is 4. The maximum Gasteiger partial charge on any atom is 0.273 e. The fraction of sp³-hybridized carbons (Fsp3) is 0.429. The third-order valence-electron chi connectivity index (χ3n) is 3.25. The van der Waals surface area contributed by atoms with Gasteiger partial charge >= 0.3 is 0 Å². The van der Waals surface area contributed by atoms with E-state index in [0.717, 1.165) is 18.7 Å². The number of anilines is 1. The van der Waals surface area contributed by atoms with Gasteiger partial charge in [-0.05, 0) is 25.5 Å². The molecule has 1 fully saturated rings. The van der Waals surface area contributed by atoms with Crippen molar-refractivity contribution in [3.8, 4) is 0 Å². The summed E-state index contributed by atoms with van der Waals surface area (Å²) in [6, 6.07) is 2.66. The Balaban J connectivity index is 2.11. The molecule has 1 atom stereocenters. The Hall–Kier alpha value is -2.44. The number of aromatic nitrogens is 1. The first-order valence-electron chi connectivity index (χ1n) is 6.87. The van der Waals surface area contributed by atoms with Gasteiger partial charge in [0.15, 0.2) is 0 Å². The van der Waals surface area contributed by atoms with Crippen molar-refractivity contribution >= 4 is 23.4 Å². The average molecular weight is 290 g/mol. The summed E-state index contributed by atoms with van der Waals surface area (Å²) in [7, 11) is 0. The minimum atomic E-state index is -0.685. The fourth-order valence-electron chi connectivity index (χ4n) is 2.00. The van der Waals surface area contributed by atoms with Gasteiger partial charge in [0.05, 0.1) is 11.9 Å². The molecule has 3 amide bonds. The van der Waals surface area contributed by atoms with Gasteiger partial charge in [-0.1, -0.05) is 6.92 Å². The molecule has 2 heterocycles. The molecule has 1 aromatic heterocycles. The Kier molecular flexibility index (Phi) is 4.52. The zero-order valence-corrected chi connectivity index (χ0v) is 12.0. The van der Waals surface area contributed by atoms with E-state index in [1.54, 1.807) is 25.3 Å². The van der Waals surface area contributed by atoms with Crippen LogP contribution in [0.15, 0.2) is 18.3 Å². The highest BCUT2D eigenvalue weighted by Crippen LogP contribution is 2.12. The van der Waals surface area contributed by atoms with Crippen LogP contribution < -0.4 is 10.6 Å². The van der Waals surface area contributed by atoms with Crippen LogP contribution in [0.3, 0.4) is 0 Å². The Bertz CT molecular complexity index is 556. The second-order valence-electron chi connectivity index (χ2n) is 4.88. The number of carbonyl (C=O) groups excluding carboxylic acids is 3. The highest BCUT2D eigenvalue weighted by Gasteiger charge is 2.34. The molecule has 0 bridgehead atoms. The van der Waals surface area contributed by atoms with E-state index in [-0.39, 0.29) is 12.2 Å². The van der Waals surface area contributed by atoms with Gasteiger partial charge in [0.1, 0.15) is 18.3 Å². The van der Waals surface area contributed by atoms with Crippen LogP contribution in [0.25, 0.3) is 0 Å². The molecule has 2 N–H and O–H groups in total. The van der Waals surface area contributed by atoms with Crippen LogP contribution in [0.5, 0.6) is 0 Å². The summed E-state index contributed by atoms with van der Waals surface area (Å²) < 4.78 is 0.